The molecule has 0 radical (unpaired) electrons. The summed E-state index contributed by atoms with van der Waals surface area (Å²) < 4.78 is 98.3. The molecule has 6 aromatic heterocycles. The predicted molar refractivity (Wildman–Crippen MR) is 377 cm³/mol. The molecular weight excluding hydrogens is 1250 g/mol. The number of rotatable bonds is 14. The van der Waals surface area contributed by atoms with E-state index in [4.69, 9.17) is 9.84 Å². The average Bonchev–Trinajstić information content (AvgIpc) is 1.76. The molecule has 1 aliphatic carbocycles. The minimum Gasteiger partial charge on any atom is -0.495 e. The molecule has 0 spiro atoms. The zero-order chi connectivity index (χ0) is 68.0. The van der Waals surface area contributed by atoms with Crippen LogP contribution in [0, 0.1) is 20.8 Å². The van der Waals surface area contributed by atoms with Crippen molar-refractivity contribution < 1.29 is 30.0 Å². The van der Waals surface area contributed by atoms with Crippen LogP contribution in [0.2, 0.25) is 0 Å². The second kappa shape index (κ2) is 25.9. The average molecular weight is 1330 g/mol. The minimum absolute atomic E-state index is 0.0457. The number of sulfonamides is 3. The first-order chi connectivity index (χ1) is 44.9. The lowest BCUT2D eigenvalue weighted by Crippen LogP contribution is -2.18. The van der Waals surface area contributed by atoms with E-state index in [1.165, 1.54) is 7.11 Å². The third kappa shape index (κ3) is 14.6. The predicted octanol–water partition coefficient (Wildman–Crippen LogP) is 15.4. The van der Waals surface area contributed by atoms with Crippen molar-refractivity contribution >= 4 is 80.2 Å². The van der Waals surface area contributed by atoms with Gasteiger partial charge in [0.15, 0.2) is 0 Å². The smallest absolute Gasteiger partial charge is 0.266 e. The zero-order valence-electron chi connectivity index (χ0n) is 55.5. The van der Waals surface area contributed by atoms with Crippen LogP contribution in [-0.4, -0.2) is 76.7 Å². The maximum atomic E-state index is 13.4. The summed E-state index contributed by atoms with van der Waals surface area (Å²) in [4.78, 5) is 13.7. The highest BCUT2D eigenvalue weighted by Crippen LogP contribution is 2.42. The van der Waals surface area contributed by atoms with Gasteiger partial charge in [-0.1, -0.05) is 111 Å². The van der Waals surface area contributed by atoms with Crippen LogP contribution in [0.25, 0.3) is 49.8 Å². The van der Waals surface area contributed by atoms with Crippen LogP contribution >= 0.6 is 0 Å². The number of hydrogen-bond acceptors (Lipinski definition) is 13. The number of hydrogen-bond donors (Lipinski definition) is 3. The largest absolute Gasteiger partial charge is 0.495 e. The minimum atomic E-state index is -3.94. The number of pyridine rings is 3. The molecule has 0 atom stereocenters. The fourth-order valence-corrected chi connectivity index (χ4v) is 14.5. The highest BCUT2D eigenvalue weighted by Gasteiger charge is 2.31. The van der Waals surface area contributed by atoms with Gasteiger partial charge in [-0.3, -0.25) is 29.1 Å². The summed E-state index contributed by atoms with van der Waals surface area (Å²) >= 11 is 0. The third-order valence-corrected chi connectivity index (χ3v) is 20.6. The van der Waals surface area contributed by atoms with Gasteiger partial charge in [-0.25, -0.2) is 39.3 Å². The first kappa shape index (κ1) is 66.7. The van der Waals surface area contributed by atoms with E-state index in [0.717, 1.165) is 85.0 Å². The van der Waals surface area contributed by atoms with Crippen LogP contribution in [0.5, 0.6) is 5.75 Å². The lowest BCUT2D eigenvalue weighted by molar-refractivity contribution is 0.400. The Morgan fingerprint density at radius 2 is 0.811 bits per heavy atom. The maximum absolute atomic E-state index is 13.4. The van der Waals surface area contributed by atoms with Gasteiger partial charge in [0.1, 0.15) is 28.1 Å². The maximum Gasteiger partial charge on any atom is 0.266 e. The van der Waals surface area contributed by atoms with E-state index in [1.54, 1.807) is 75.1 Å². The number of anilines is 3. The van der Waals surface area contributed by atoms with E-state index >= 15 is 0 Å². The number of benzene rings is 6. The Hall–Kier alpha value is -9.77. The molecule has 0 saturated heterocycles. The van der Waals surface area contributed by atoms with Crippen LogP contribution in [-0.2, 0) is 46.3 Å². The van der Waals surface area contributed by atoms with Crippen molar-refractivity contribution in [3.8, 4) is 22.8 Å². The number of aryl methyl sites for hydroxylation is 3. The second-order valence-electron chi connectivity index (χ2n) is 26.8. The van der Waals surface area contributed by atoms with Crippen molar-refractivity contribution in [2.45, 2.75) is 133 Å². The summed E-state index contributed by atoms with van der Waals surface area (Å²) in [6.07, 6.45) is 7.35. The molecule has 19 nitrogen and oxygen atoms in total. The van der Waals surface area contributed by atoms with Crippen molar-refractivity contribution in [1.82, 2.24) is 44.3 Å². The van der Waals surface area contributed by atoms with Crippen molar-refractivity contribution in [1.29, 1.82) is 0 Å². The Kier molecular flexibility index (Phi) is 18.1. The molecule has 0 amide bonds. The van der Waals surface area contributed by atoms with Crippen molar-refractivity contribution in [3.63, 3.8) is 0 Å². The van der Waals surface area contributed by atoms with Crippen molar-refractivity contribution in [3.05, 3.63) is 228 Å². The number of aromatic nitrogens is 9. The molecule has 95 heavy (non-hydrogen) atoms. The first-order valence-corrected chi connectivity index (χ1v) is 35.6. The van der Waals surface area contributed by atoms with E-state index in [9.17, 15) is 25.3 Å². The van der Waals surface area contributed by atoms with Gasteiger partial charge in [-0.15, -0.1) is 0 Å². The molecule has 22 heteroatoms. The third-order valence-electron chi connectivity index (χ3n) is 16.3. The standard InChI is InChI=1S/C25H26N4O2S.C24H26N4O3S.C24H26N4O2S/c1-25(2,3)18-11-13-19(14-12-18)32(30,31)28-24-16-22(17-9-10-17)27-29(24)23-8-4-7-21-20(23)6-5-15-26-21;1-16-14-23(28(26-16)20-10-6-9-19-18(20)8-7-13-25-19)27-32(29,30)22-12-11-17(24(2,3)4)15-21(22)31-5;1-16-14-18(24(3,4)5)11-12-22(16)31(29,30)27-23-15-17(2)26-28(23)21-10-6-9-20-19(21)8-7-13-25-20/h4-8,11-17,28H,9-10H2,1-3H3;6-15,27H,1-5H3;6-15,27H,1-5H3. The first-order valence-electron chi connectivity index (χ1n) is 31.1. The summed E-state index contributed by atoms with van der Waals surface area (Å²) in [7, 11) is -10.1. The molecular formula is C73H78N12O7S3. The highest BCUT2D eigenvalue weighted by molar-refractivity contribution is 7.93. The molecule has 6 heterocycles. The lowest BCUT2D eigenvalue weighted by Gasteiger charge is -2.21. The zero-order valence-corrected chi connectivity index (χ0v) is 57.9. The van der Waals surface area contributed by atoms with Gasteiger partial charge in [0.25, 0.3) is 30.1 Å². The van der Waals surface area contributed by atoms with E-state index in [1.807, 2.05) is 148 Å². The number of ether oxygens (including phenoxy) is 1. The fourth-order valence-electron chi connectivity index (χ4n) is 11.1. The lowest BCUT2D eigenvalue weighted by atomic mass is 9.86. The molecule has 0 aliphatic heterocycles. The van der Waals surface area contributed by atoms with E-state index in [2.05, 4.69) is 102 Å². The monoisotopic (exact) mass is 1330 g/mol. The molecule has 490 valence electrons. The Labute approximate surface area is 555 Å². The molecule has 1 aliphatic rings. The van der Waals surface area contributed by atoms with E-state index in [-0.39, 0.29) is 30.9 Å². The van der Waals surface area contributed by atoms with Crippen LogP contribution < -0.4 is 18.9 Å². The Bertz CT molecular complexity index is 5200. The summed E-state index contributed by atoms with van der Waals surface area (Å²) in [6, 6.07) is 51.6. The van der Waals surface area contributed by atoms with Crippen molar-refractivity contribution in [2.75, 3.05) is 21.3 Å². The molecule has 0 unspecified atom stereocenters. The topological polar surface area (TPSA) is 240 Å². The highest BCUT2D eigenvalue weighted by atomic mass is 32.2. The summed E-state index contributed by atoms with van der Waals surface area (Å²) in [5.74, 6) is 1.83. The molecule has 3 N–H and O–H groups in total. The van der Waals surface area contributed by atoms with Crippen LogP contribution in [0.15, 0.2) is 203 Å². The summed E-state index contributed by atoms with van der Waals surface area (Å²) in [5, 5.41) is 16.5. The van der Waals surface area contributed by atoms with Gasteiger partial charge in [-0.2, -0.15) is 15.3 Å². The SMILES string of the molecule is CC(C)(C)c1ccc(S(=O)(=O)Nc2cc(C3CC3)nn2-c2cccc3ncccc23)cc1.COc1cc(C(C)(C)C)ccc1S(=O)(=O)Nc1cc(C)nn1-c1cccc2ncccc12.Cc1cc(NS(=O)(=O)c2ccc(C(C)(C)C)cc2C)n(-c2cccc3ncccc23)n1. The van der Waals surface area contributed by atoms with Crippen LogP contribution in [0.3, 0.4) is 0 Å². The van der Waals surface area contributed by atoms with Gasteiger partial charge < -0.3 is 4.74 Å². The number of fused-ring (bicyclic) bond motifs is 3. The number of nitrogens with one attached hydrogen (secondary N) is 3. The van der Waals surface area contributed by atoms with Gasteiger partial charge in [0.05, 0.1) is 67.6 Å². The Balaban J connectivity index is 0.000000145. The van der Waals surface area contributed by atoms with Gasteiger partial charge in [0.2, 0.25) is 0 Å². The van der Waals surface area contributed by atoms with Crippen molar-refractivity contribution in [2.24, 2.45) is 0 Å². The molecule has 0 bridgehead atoms. The fraction of sp³-hybridized carbons (Fsp3) is 0.260. The quantitative estimate of drug-likeness (QED) is 0.0919. The van der Waals surface area contributed by atoms with Gasteiger partial charge in [-0.05, 0) is 175 Å². The second-order valence-corrected chi connectivity index (χ2v) is 31.8. The van der Waals surface area contributed by atoms with Crippen LogP contribution in [0.4, 0.5) is 17.5 Å². The van der Waals surface area contributed by atoms with E-state index in [0.29, 0.717) is 46.1 Å². The molecule has 6 aromatic carbocycles. The molecule has 12 aromatic rings. The van der Waals surface area contributed by atoms with Crippen LogP contribution in [0.1, 0.15) is 120 Å². The summed E-state index contributed by atoms with van der Waals surface area (Å²) in [6.45, 7) is 24.3. The van der Waals surface area contributed by atoms with E-state index < -0.39 is 30.1 Å². The molecule has 13 rings (SSSR count). The Morgan fingerprint density at radius 3 is 1.23 bits per heavy atom. The number of methoxy groups -OCH3 is 1. The summed E-state index contributed by atoms with van der Waals surface area (Å²) in [5.41, 5.74) is 10.7. The van der Waals surface area contributed by atoms with Gasteiger partial charge in [0, 0.05) is 58.9 Å². The molecule has 1 fully saturated rings. The number of nitrogens with zero attached hydrogens (tertiary/aromatic N) is 9. The van der Waals surface area contributed by atoms with Gasteiger partial charge >= 0.3 is 0 Å². The Morgan fingerprint density at radius 1 is 0.421 bits per heavy atom. The normalized spacial score (nSPS) is 13.0. The molecule has 1 saturated carbocycles.